The van der Waals surface area contributed by atoms with Crippen molar-refractivity contribution >= 4 is 38.9 Å². The fourth-order valence-corrected chi connectivity index (χ4v) is 3.56. The highest BCUT2D eigenvalue weighted by Gasteiger charge is 2.07. The van der Waals surface area contributed by atoms with Crippen molar-refractivity contribution in [2.45, 2.75) is 13.1 Å². The van der Waals surface area contributed by atoms with E-state index in [9.17, 15) is 0 Å². The predicted molar refractivity (Wildman–Crippen MR) is 87.1 cm³/mol. The number of rotatable bonds is 6. The van der Waals surface area contributed by atoms with E-state index in [-0.39, 0.29) is 0 Å². The molecular weight excluding hydrogens is 362 g/mol. The summed E-state index contributed by atoms with van der Waals surface area (Å²) in [6.45, 7) is 1.49. The Morgan fingerprint density at radius 3 is 2.60 bits per heavy atom. The largest absolute Gasteiger partial charge is 0.497 e. The predicted octanol–water partition coefficient (Wildman–Crippen LogP) is 4.47. The van der Waals surface area contributed by atoms with Crippen molar-refractivity contribution < 1.29 is 9.47 Å². The monoisotopic (exact) mass is 375 g/mol. The number of methoxy groups -OCH3 is 2. The fraction of sp³-hybridized carbons (Fsp3) is 0.286. The summed E-state index contributed by atoms with van der Waals surface area (Å²) in [5.74, 6) is 1.61. The van der Waals surface area contributed by atoms with E-state index in [2.05, 4.69) is 21.2 Å². The van der Waals surface area contributed by atoms with Crippen LogP contribution in [0, 0.1) is 0 Å². The van der Waals surface area contributed by atoms with Gasteiger partial charge in [-0.25, -0.2) is 0 Å². The Hall–Kier alpha value is -0.750. The Kier molecular flexibility index (Phi) is 5.72. The van der Waals surface area contributed by atoms with Gasteiger partial charge in [0.1, 0.15) is 15.8 Å². The lowest BCUT2D eigenvalue weighted by atomic mass is 10.2. The number of nitrogens with one attached hydrogen (secondary N) is 1. The second-order valence-electron chi connectivity index (χ2n) is 4.12. The SMILES string of the molecule is COc1ccc(CNCc2cc(Br)c(Cl)s2)c(OC)c1. The number of ether oxygens (including phenoxy) is 2. The lowest BCUT2D eigenvalue weighted by Gasteiger charge is -2.10. The molecule has 0 aliphatic heterocycles. The minimum atomic E-state index is 0.723. The first kappa shape index (κ1) is 15.6. The zero-order chi connectivity index (χ0) is 14.5. The van der Waals surface area contributed by atoms with Gasteiger partial charge in [-0.05, 0) is 28.1 Å². The maximum atomic E-state index is 6.02. The molecule has 2 rings (SSSR count). The summed E-state index contributed by atoms with van der Waals surface area (Å²) in [5, 5.41) is 3.38. The van der Waals surface area contributed by atoms with E-state index in [0.717, 1.165) is 39.0 Å². The van der Waals surface area contributed by atoms with Gasteiger partial charge in [0.2, 0.25) is 0 Å². The van der Waals surface area contributed by atoms with E-state index in [0.29, 0.717) is 0 Å². The molecule has 0 bridgehead atoms. The third kappa shape index (κ3) is 3.88. The summed E-state index contributed by atoms with van der Waals surface area (Å²) < 4.78 is 12.3. The Labute approximate surface area is 136 Å². The molecule has 6 heteroatoms. The molecule has 1 aromatic heterocycles. The number of benzene rings is 1. The van der Waals surface area contributed by atoms with Gasteiger partial charge in [0.25, 0.3) is 0 Å². The van der Waals surface area contributed by atoms with Gasteiger partial charge in [0.05, 0.1) is 14.2 Å². The zero-order valence-electron chi connectivity index (χ0n) is 11.2. The zero-order valence-corrected chi connectivity index (χ0v) is 14.4. The normalized spacial score (nSPS) is 10.6. The lowest BCUT2D eigenvalue weighted by molar-refractivity contribution is 0.390. The van der Waals surface area contributed by atoms with Crippen molar-refractivity contribution in [3.8, 4) is 11.5 Å². The van der Waals surface area contributed by atoms with Gasteiger partial charge in [-0.1, -0.05) is 17.7 Å². The molecule has 1 aromatic carbocycles. The van der Waals surface area contributed by atoms with Crippen molar-refractivity contribution in [2.75, 3.05) is 14.2 Å². The number of thiophene rings is 1. The van der Waals surface area contributed by atoms with Crippen LogP contribution in [-0.2, 0) is 13.1 Å². The van der Waals surface area contributed by atoms with Crippen LogP contribution >= 0.6 is 38.9 Å². The van der Waals surface area contributed by atoms with Crippen LogP contribution in [0.2, 0.25) is 4.34 Å². The first-order valence-electron chi connectivity index (χ1n) is 5.99. The lowest BCUT2D eigenvalue weighted by Crippen LogP contribution is -2.12. The van der Waals surface area contributed by atoms with Gasteiger partial charge < -0.3 is 14.8 Å². The first-order chi connectivity index (χ1) is 9.63. The van der Waals surface area contributed by atoms with Crippen molar-refractivity contribution in [1.82, 2.24) is 5.32 Å². The maximum absolute atomic E-state index is 6.02. The average Bonchev–Trinajstić information content (AvgIpc) is 2.78. The molecule has 0 aliphatic carbocycles. The fourth-order valence-electron chi connectivity index (χ4n) is 1.80. The van der Waals surface area contributed by atoms with Crippen LogP contribution in [0.15, 0.2) is 28.7 Å². The Morgan fingerprint density at radius 1 is 1.20 bits per heavy atom. The summed E-state index contributed by atoms with van der Waals surface area (Å²) in [5.41, 5.74) is 1.09. The van der Waals surface area contributed by atoms with E-state index < -0.39 is 0 Å². The van der Waals surface area contributed by atoms with Crippen LogP contribution in [-0.4, -0.2) is 14.2 Å². The number of hydrogen-bond acceptors (Lipinski definition) is 4. The molecule has 1 N–H and O–H groups in total. The maximum Gasteiger partial charge on any atom is 0.127 e. The van der Waals surface area contributed by atoms with Gasteiger partial charge in [-0.3, -0.25) is 0 Å². The molecule has 0 atom stereocenters. The van der Waals surface area contributed by atoms with Crippen molar-refractivity contribution in [2.24, 2.45) is 0 Å². The molecule has 0 spiro atoms. The summed E-state index contributed by atoms with van der Waals surface area (Å²) in [4.78, 5) is 1.19. The molecule has 20 heavy (non-hydrogen) atoms. The molecule has 0 radical (unpaired) electrons. The quantitative estimate of drug-likeness (QED) is 0.807. The molecule has 0 unspecified atom stereocenters. The van der Waals surface area contributed by atoms with Gasteiger partial charge >= 0.3 is 0 Å². The molecule has 1 heterocycles. The molecule has 0 saturated heterocycles. The summed E-state index contributed by atoms with van der Waals surface area (Å²) in [6.07, 6.45) is 0. The minimum Gasteiger partial charge on any atom is -0.497 e. The van der Waals surface area contributed by atoms with Gasteiger partial charge in [-0.2, -0.15) is 0 Å². The third-order valence-corrected chi connectivity index (χ3v) is 5.28. The van der Waals surface area contributed by atoms with Crippen LogP contribution in [0.5, 0.6) is 11.5 Å². The molecule has 2 aromatic rings. The summed E-state index contributed by atoms with van der Waals surface area (Å²) >= 11 is 11.0. The molecular formula is C14H15BrClNO2S. The highest BCUT2D eigenvalue weighted by Crippen LogP contribution is 2.32. The second kappa shape index (κ2) is 7.31. The van der Waals surface area contributed by atoms with Gasteiger partial charge in [0.15, 0.2) is 0 Å². The van der Waals surface area contributed by atoms with Gasteiger partial charge in [0, 0.05) is 34.1 Å². The van der Waals surface area contributed by atoms with E-state index >= 15 is 0 Å². The highest BCUT2D eigenvalue weighted by atomic mass is 79.9. The Morgan fingerprint density at radius 2 is 2.00 bits per heavy atom. The van der Waals surface area contributed by atoms with E-state index in [4.69, 9.17) is 21.1 Å². The molecule has 0 saturated carbocycles. The van der Waals surface area contributed by atoms with E-state index in [1.165, 1.54) is 4.88 Å². The minimum absolute atomic E-state index is 0.723. The standard InChI is InChI=1S/C14H15BrClNO2S/c1-18-10-4-3-9(13(5-10)19-2)7-17-8-11-6-12(15)14(16)20-11/h3-6,17H,7-8H2,1-2H3. The first-order valence-corrected chi connectivity index (χ1v) is 7.98. The molecule has 108 valence electrons. The molecule has 3 nitrogen and oxygen atoms in total. The Balaban J connectivity index is 1.96. The van der Waals surface area contributed by atoms with Crippen LogP contribution < -0.4 is 14.8 Å². The summed E-state index contributed by atoms with van der Waals surface area (Å²) in [6, 6.07) is 7.85. The number of halogens is 2. The van der Waals surface area contributed by atoms with Crippen LogP contribution in [0.1, 0.15) is 10.4 Å². The smallest absolute Gasteiger partial charge is 0.127 e. The molecule has 0 fully saturated rings. The Bertz CT molecular complexity index is 569. The summed E-state index contributed by atoms with van der Waals surface area (Å²) in [7, 11) is 3.31. The van der Waals surface area contributed by atoms with Crippen LogP contribution in [0.3, 0.4) is 0 Å². The van der Waals surface area contributed by atoms with E-state index in [1.807, 2.05) is 24.3 Å². The van der Waals surface area contributed by atoms with Crippen molar-refractivity contribution in [3.05, 3.63) is 43.5 Å². The highest BCUT2D eigenvalue weighted by molar-refractivity contribution is 9.10. The van der Waals surface area contributed by atoms with Crippen molar-refractivity contribution in [3.63, 3.8) is 0 Å². The van der Waals surface area contributed by atoms with E-state index in [1.54, 1.807) is 25.6 Å². The number of hydrogen-bond donors (Lipinski definition) is 1. The molecule has 0 amide bonds. The third-order valence-electron chi connectivity index (χ3n) is 2.81. The topological polar surface area (TPSA) is 30.5 Å². The second-order valence-corrected chi connectivity index (χ2v) is 6.71. The molecule has 0 aliphatic rings. The van der Waals surface area contributed by atoms with Crippen LogP contribution in [0.4, 0.5) is 0 Å². The van der Waals surface area contributed by atoms with Crippen molar-refractivity contribution in [1.29, 1.82) is 0 Å². The van der Waals surface area contributed by atoms with Gasteiger partial charge in [-0.15, -0.1) is 11.3 Å². The van der Waals surface area contributed by atoms with Crippen LogP contribution in [0.25, 0.3) is 0 Å². The average molecular weight is 377 g/mol.